The Bertz CT molecular complexity index is 1290. The second-order valence-electron chi connectivity index (χ2n) is 7.20. The summed E-state index contributed by atoms with van der Waals surface area (Å²) in [7, 11) is -0.713. The van der Waals surface area contributed by atoms with E-state index < -0.39 is 9.52 Å². The quantitative estimate of drug-likeness (QED) is 0.384. The largest absolute Gasteiger partial charge is 0.647 e. The summed E-state index contributed by atoms with van der Waals surface area (Å²) in [6.07, 6.45) is 1.91. The van der Waals surface area contributed by atoms with Gasteiger partial charge in [0.15, 0.2) is 0 Å². The van der Waals surface area contributed by atoms with Gasteiger partial charge in [-0.2, -0.15) is 5.10 Å². The Kier molecular flexibility index (Phi) is 5.55. The second-order valence-corrected chi connectivity index (χ2v) is 9.39. The van der Waals surface area contributed by atoms with Gasteiger partial charge in [-0.15, -0.1) is 5.10 Å². The summed E-state index contributed by atoms with van der Waals surface area (Å²) in [6, 6.07) is 33.1. The first-order valence-electron chi connectivity index (χ1n) is 10.1. The van der Waals surface area contributed by atoms with Crippen molar-refractivity contribution in [2.75, 3.05) is 0 Å². The van der Waals surface area contributed by atoms with Gasteiger partial charge in [0.05, 0.1) is 17.6 Å². The summed E-state index contributed by atoms with van der Waals surface area (Å²) in [5, 5.41) is 12.3. The maximum Gasteiger partial charge on any atom is 0.494 e. The van der Waals surface area contributed by atoms with Crippen molar-refractivity contribution >= 4 is 36.6 Å². The van der Waals surface area contributed by atoms with Crippen molar-refractivity contribution < 1.29 is 3.79 Å². The fraction of sp³-hybridized carbons (Fsp3) is 0. The molecule has 2 aromatic heterocycles. The van der Waals surface area contributed by atoms with Crippen LogP contribution in [0.15, 0.2) is 103 Å². The van der Waals surface area contributed by atoms with Gasteiger partial charge in [0.25, 0.3) is 0 Å². The highest BCUT2D eigenvalue weighted by atomic mass is 28.2. The fourth-order valence-corrected chi connectivity index (χ4v) is 5.25. The average Bonchev–Trinajstić information content (AvgIpc) is 3.45. The molecule has 0 saturated heterocycles. The number of hydrogen-bond donors (Lipinski definition) is 0. The van der Waals surface area contributed by atoms with E-state index >= 15 is 0 Å². The van der Waals surface area contributed by atoms with Gasteiger partial charge in [-0.05, 0) is 18.2 Å². The van der Waals surface area contributed by atoms with Gasteiger partial charge in [0.1, 0.15) is 15.3 Å². The predicted octanol–water partition coefficient (Wildman–Crippen LogP) is 2.04. The monoisotopic (exact) mass is 435 g/mol. The van der Waals surface area contributed by atoms with E-state index in [1.807, 2.05) is 70.2 Å². The molecular formula is C24H20AlN4OSi. The molecule has 0 amide bonds. The molecular weight excluding hydrogens is 415 g/mol. The first-order valence-corrected chi connectivity index (χ1v) is 12.1. The van der Waals surface area contributed by atoms with Crippen LogP contribution in [0.1, 0.15) is 0 Å². The Labute approximate surface area is 191 Å². The third-order valence-electron chi connectivity index (χ3n) is 5.10. The van der Waals surface area contributed by atoms with Crippen molar-refractivity contribution in [3.8, 4) is 28.5 Å². The fourth-order valence-electron chi connectivity index (χ4n) is 3.61. The van der Waals surface area contributed by atoms with Crippen molar-refractivity contribution in [1.82, 2.24) is 19.6 Å². The van der Waals surface area contributed by atoms with Crippen LogP contribution in [0, 0.1) is 0 Å². The van der Waals surface area contributed by atoms with E-state index in [1.54, 1.807) is 0 Å². The highest BCUT2D eigenvalue weighted by molar-refractivity contribution is 6.66. The second kappa shape index (κ2) is 8.78. The number of aromatic nitrogens is 4. The van der Waals surface area contributed by atoms with Gasteiger partial charge < -0.3 is 3.79 Å². The lowest BCUT2D eigenvalue weighted by atomic mass is 10.1. The van der Waals surface area contributed by atoms with Crippen LogP contribution in [0.4, 0.5) is 0 Å². The van der Waals surface area contributed by atoms with Crippen molar-refractivity contribution in [2.45, 2.75) is 0 Å². The molecule has 31 heavy (non-hydrogen) atoms. The minimum Gasteiger partial charge on any atom is -0.647 e. The molecule has 0 aliphatic carbocycles. The van der Waals surface area contributed by atoms with Crippen LogP contribution in [-0.2, 0) is 0 Å². The molecule has 0 bridgehead atoms. The van der Waals surface area contributed by atoms with E-state index in [1.165, 1.54) is 21.8 Å². The number of benzene rings is 3. The lowest BCUT2D eigenvalue weighted by molar-refractivity contribution is 0.606. The predicted molar refractivity (Wildman–Crippen MR) is 128 cm³/mol. The molecule has 3 aromatic carbocycles. The van der Waals surface area contributed by atoms with Crippen LogP contribution in [-0.4, -0.2) is 45.7 Å². The summed E-state index contributed by atoms with van der Waals surface area (Å²) >= 11 is 1.45. The van der Waals surface area contributed by atoms with Crippen LogP contribution in [0.3, 0.4) is 0 Å². The van der Waals surface area contributed by atoms with Crippen molar-refractivity contribution in [1.29, 1.82) is 0 Å². The summed E-state index contributed by atoms with van der Waals surface area (Å²) < 4.78 is 9.47. The number of para-hydroxylation sites is 1. The first kappa shape index (κ1) is 19.6. The van der Waals surface area contributed by atoms with Crippen LogP contribution in [0.25, 0.3) is 22.8 Å². The molecule has 0 saturated carbocycles. The molecule has 5 nitrogen and oxygen atoms in total. The Morgan fingerprint density at radius 2 is 1.42 bits per heavy atom. The van der Waals surface area contributed by atoms with Crippen LogP contribution in [0.5, 0.6) is 5.75 Å². The van der Waals surface area contributed by atoms with Crippen molar-refractivity contribution in [3.63, 3.8) is 0 Å². The van der Waals surface area contributed by atoms with Gasteiger partial charge in [-0.3, -0.25) is 0 Å². The van der Waals surface area contributed by atoms with Crippen LogP contribution < -0.4 is 14.3 Å². The molecule has 0 N–H and O–H groups in total. The highest BCUT2D eigenvalue weighted by Gasteiger charge is 2.19. The smallest absolute Gasteiger partial charge is 0.494 e. The number of hydrogen-bond acceptors (Lipinski definition) is 3. The average molecular weight is 436 g/mol. The normalized spacial score (nSPS) is 11.2. The van der Waals surface area contributed by atoms with Gasteiger partial charge >= 0.3 is 16.6 Å². The Balaban J connectivity index is 1.63. The van der Waals surface area contributed by atoms with Gasteiger partial charge in [0.2, 0.25) is 5.82 Å². The minimum absolute atomic E-state index is 0.686. The zero-order chi connectivity index (χ0) is 21.0. The van der Waals surface area contributed by atoms with E-state index in [0.29, 0.717) is 11.6 Å². The number of rotatable bonds is 6. The summed E-state index contributed by atoms with van der Waals surface area (Å²) in [6.45, 7) is 0. The van der Waals surface area contributed by atoms with Crippen molar-refractivity contribution in [3.05, 3.63) is 103 Å². The topological polar surface area (TPSA) is 44.9 Å². The lowest BCUT2D eigenvalue weighted by Crippen LogP contribution is -2.28. The molecule has 0 unspecified atom stereocenters. The molecule has 0 aliphatic heterocycles. The Morgan fingerprint density at radius 3 is 2.10 bits per heavy atom. The third kappa shape index (κ3) is 4.12. The molecule has 5 aromatic rings. The van der Waals surface area contributed by atoms with E-state index in [-0.39, 0.29) is 0 Å². The van der Waals surface area contributed by atoms with E-state index in [0.717, 1.165) is 22.3 Å². The lowest BCUT2D eigenvalue weighted by Gasteiger charge is -2.07. The Morgan fingerprint density at radius 1 is 0.774 bits per heavy atom. The molecule has 5 rings (SSSR count). The summed E-state index contributed by atoms with van der Waals surface area (Å²) in [5.74, 6) is 1.38. The first-order chi connectivity index (χ1) is 15.3. The standard InChI is InChI=1S/C24H20N4OSi.Al.H/c29-22-17-27(19-12-6-2-7-13-19)26-24(22)28-21(18-10-4-1-5-11-18)16-23(25-28)30-20-14-8-3-9-15-20;;/h1-17,29H,30H2;;/q;+1;/p-1. The molecule has 0 spiro atoms. The zero-order valence-electron chi connectivity index (χ0n) is 16.9. The third-order valence-corrected chi connectivity index (χ3v) is 7.00. The molecule has 7 heteroatoms. The zero-order valence-corrected chi connectivity index (χ0v) is 19.8. The molecule has 0 fully saturated rings. The van der Waals surface area contributed by atoms with E-state index in [9.17, 15) is 0 Å². The Hall–Kier alpha value is -3.37. The molecule has 149 valence electrons. The van der Waals surface area contributed by atoms with E-state index in [4.69, 9.17) is 14.0 Å². The van der Waals surface area contributed by atoms with Gasteiger partial charge in [-0.1, -0.05) is 84.0 Å². The SMILES string of the molecule is [AlH][O]c1cn(-c2ccccc2)nc1-n1nc([SiH2]c2ccccc2)cc1-c1ccccc1. The summed E-state index contributed by atoms with van der Waals surface area (Å²) in [5.41, 5.74) is 3.09. The highest BCUT2D eigenvalue weighted by Crippen LogP contribution is 2.27. The summed E-state index contributed by atoms with van der Waals surface area (Å²) in [4.78, 5) is 0. The minimum atomic E-state index is -0.713. The maximum atomic E-state index is 5.72. The molecule has 1 radical (unpaired) electrons. The molecule has 0 aliphatic rings. The molecule has 0 atom stereocenters. The van der Waals surface area contributed by atoms with Gasteiger partial charge in [0, 0.05) is 10.9 Å². The van der Waals surface area contributed by atoms with Crippen molar-refractivity contribution in [2.24, 2.45) is 0 Å². The molecule has 2 heterocycles. The van der Waals surface area contributed by atoms with Crippen LogP contribution >= 0.6 is 0 Å². The number of nitrogens with zero attached hydrogens (tertiary/aromatic N) is 4. The van der Waals surface area contributed by atoms with Gasteiger partial charge in [-0.25, -0.2) is 9.36 Å². The van der Waals surface area contributed by atoms with E-state index in [2.05, 4.69) is 42.5 Å². The maximum absolute atomic E-state index is 5.72. The van der Waals surface area contributed by atoms with Crippen LogP contribution in [0.2, 0.25) is 0 Å².